The first-order valence-corrected chi connectivity index (χ1v) is 7.65. The quantitative estimate of drug-likeness (QED) is 0.876. The first-order chi connectivity index (χ1) is 9.69. The molecule has 5 heteroatoms. The molecule has 120 valence electrons. The summed E-state index contributed by atoms with van der Waals surface area (Å²) in [5, 5.41) is 2.78. The van der Waals surface area contributed by atoms with Crippen molar-refractivity contribution in [1.82, 2.24) is 14.9 Å². The summed E-state index contributed by atoms with van der Waals surface area (Å²) < 4.78 is 7.38. The summed E-state index contributed by atoms with van der Waals surface area (Å²) in [6.07, 6.45) is 4.11. The van der Waals surface area contributed by atoms with Crippen LogP contribution in [0.5, 0.6) is 0 Å². The van der Waals surface area contributed by atoms with Crippen molar-refractivity contribution in [2.45, 2.75) is 60.1 Å². The van der Waals surface area contributed by atoms with Crippen LogP contribution in [0.3, 0.4) is 0 Å². The number of hydrogen-bond donors (Lipinski definition) is 1. The second-order valence-electron chi connectivity index (χ2n) is 6.94. The Bertz CT molecular complexity index is 447. The summed E-state index contributed by atoms with van der Waals surface area (Å²) >= 11 is 0. The summed E-state index contributed by atoms with van der Waals surface area (Å²) in [6.45, 7) is 13.8. The number of carbonyl (C=O) groups is 1. The predicted molar refractivity (Wildman–Crippen MR) is 84.2 cm³/mol. The molecule has 0 bridgehead atoms. The highest BCUT2D eigenvalue weighted by Crippen LogP contribution is 2.14. The van der Waals surface area contributed by atoms with Crippen LogP contribution in [0, 0.1) is 11.8 Å². The lowest BCUT2D eigenvalue weighted by atomic mass is 9.98. The van der Waals surface area contributed by atoms with Crippen molar-refractivity contribution in [3.8, 4) is 0 Å². The number of aromatic nitrogens is 2. The van der Waals surface area contributed by atoms with Crippen molar-refractivity contribution in [2.24, 2.45) is 11.8 Å². The summed E-state index contributed by atoms with van der Waals surface area (Å²) in [5.41, 5.74) is 0.678. The van der Waals surface area contributed by atoms with Crippen molar-refractivity contribution < 1.29 is 9.53 Å². The van der Waals surface area contributed by atoms with E-state index in [0.29, 0.717) is 18.4 Å². The molecule has 0 spiro atoms. The second kappa shape index (κ2) is 7.48. The molecule has 0 aliphatic rings. The molecule has 0 aromatic carbocycles. The fourth-order valence-corrected chi connectivity index (χ4v) is 1.85. The van der Waals surface area contributed by atoms with Gasteiger partial charge in [0, 0.05) is 31.4 Å². The van der Waals surface area contributed by atoms with Gasteiger partial charge in [-0.3, -0.25) is 0 Å². The fourth-order valence-electron chi connectivity index (χ4n) is 1.85. The van der Waals surface area contributed by atoms with Gasteiger partial charge in [0.05, 0.1) is 6.33 Å². The van der Waals surface area contributed by atoms with Crippen LogP contribution >= 0.6 is 0 Å². The van der Waals surface area contributed by atoms with Crippen molar-refractivity contribution in [3.63, 3.8) is 0 Å². The third-order valence-electron chi connectivity index (χ3n) is 3.47. The minimum absolute atomic E-state index is 0.371. The van der Waals surface area contributed by atoms with Gasteiger partial charge in [-0.05, 0) is 32.6 Å². The van der Waals surface area contributed by atoms with E-state index in [1.165, 1.54) is 0 Å². The van der Waals surface area contributed by atoms with Gasteiger partial charge < -0.3 is 14.6 Å². The Kier molecular flexibility index (Phi) is 6.24. The molecule has 1 aromatic rings. The van der Waals surface area contributed by atoms with Gasteiger partial charge in [-0.15, -0.1) is 0 Å². The maximum absolute atomic E-state index is 11.6. The highest BCUT2D eigenvalue weighted by Gasteiger charge is 2.16. The number of rotatable bonds is 6. The van der Waals surface area contributed by atoms with E-state index in [1.807, 2.05) is 33.3 Å². The smallest absolute Gasteiger partial charge is 0.407 e. The molecular weight excluding hydrogens is 266 g/mol. The van der Waals surface area contributed by atoms with E-state index >= 15 is 0 Å². The fraction of sp³-hybridized carbons (Fsp3) is 0.750. The van der Waals surface area contributed by atoms with Gasteiger partial charge in [-0.25, -0.2) is 9.78 Å². The number of hydrogen-bond acceptors (Lipinski definition) is 3. The van der Waals surface area contributed by atoms with Gasteiger partial charge in [0.2, 0.25) is 0 Å². The normalized spacial score (nSPS) is 13.3. The first kappa shape index (κ1) is 17.5. The molecule has 0 aliphatic carbocycles. The standard InChI is InChI=1S/C16H29N3O2/c1-12(2)13(3)10-19-11-17-9-14(19)7-8-18-15(20)21-16(4,5)6/h9,11-13H,7-8,10H2,1-6H3,(H,18,20). The molecule has 0 saturated heterocycles. The van der Waals surface area contributed by atoms with Gasteiger partial charge in [0.25, 0.3) is 0 Å². The van der Waals surface area contributed by atoms with Crippen LogP contribution in [0.25, 0.3) is 0 Å². The summed E-state index contributed by atoms with van der Waals surface area (Å²) in [5.74, 6) is 1.23. The van der Waals surface area contributed by atoms with Gasteiger partial charge >= 0.3 is 6.09 Å². The Hall–Kier alpha value is -1.52. The Balaban J connectivity index is 2.43. The topological polar surface area (TPSA) is 56.2 Å². The number of imidazole rings is 1. The number of ether oxygens (including phenoxy) is 1. The average molecular weight is 295 g/mol. The molecular formula is C16H29N3O2. The number of amides is 1. The van der Waals surface area contributed by atoms with E-state index in [2.05, 4.69) is 35.6 Å². The zero-order valence-electron chi connectivity index (χ0n) is 14.1. The minimum atomic E-state index is -0.460. The van der Waals surface area contributed by atoms with Crippen molar-refractivity contribution in [1.29, 1.82) is 0 Å². The molecule has 1 heterocycles. The van der Waals surface area contributed by atoms with Crippen molar-refractivity contribution >= 4 is 6.09 Å². The Morgan fingerprint density at radius 2 is 2.05 bits per heavy atom. The molecule has 1 unspecified atom stereocenters. The summed E-state index contributed by atoms with van der Waals surface area (Å²) in [4.78, 5) is 15.8. The van der Waals surface area contributed by atoms with Crippen LogP contribution in [-0.4, -0.2) is 27.8 Å². The highest BCUT2D eigenvalue weighted by atomic mass is 16.6. The molecule has 1 aromatic heterocycles. The van der Waals surface area contributed by atoms with Crippen molar-refractivity contribution in [2.75, 3.05) is 6.54 Å². The maximum Gasteiger partial charge on any atom is 0.407 e. The Labute approximate surface area is 128 Å². The van der Waals surface area contributed by atoms with E-state index < -0.39 is 5.60 Å². The number of alkyl carbamates (subject to hydrolysis) is 1. The summed E-state index contributed by atoms with van der Waals surface area (Å²) in [6, 6.07) is 0. The monoisotopic (exact) mass is 295 g/mol. The molecule has 1 N–H and O–H groups in total. The molecule has 0 fully saturated rings. The van der Waals surface area contributed by atoms with Gasteiger partial charge in [0.15, 0.2) is 0 Å². The van der Waals surface area contributed by atoms with Crippen LogP contribution in [0.1, 0.15) is 47.2 Å². The first-order valence-electron chi connectivity index (χ1n) is 7.65. The van der Waals surface area contributed by atoms with E-state index in [0.717, 1.165) is 18.7 Å². The van der Waals surface area contributed by atoms with Crippen LogP contribution in [-0.2, 0) is 17.7 Å². The number of nitrogens with zero attached hydrogens (tertiary/aromatic N) is 2. The lowest BCUT2D eigenvalue weighted by Gasteiger charge is -2.20. The zero-order chi connectivity index (χ0) is 16.0. The Morgan fingerprint density at radius 1 is 1.38 bits per heavy atom. The van der Waals surface area contributed by atoms with E-state index in [4.69, 9.17) is 4.74 Å². The van der Waals surface area contributed by atoms with Gasteiger partial charge in [0.1, 0.15) is 5.60 Å². The largest absolute Gasteiger partial charge is 0.444 e. The number of carbonyl (C=O) groups excluding carboxylic acids is 1. The predicted octanol–water partition coefficient (Wildman–Crippen LogP) is 3.24. The van der Waals surface area contributed by atoms with Crippen LogP contribution in [0.2, 0.25) is 0 Å². The van der Waals surface area contributed by atoms with E-state index in [9.17, 15) is 4.79 Å². The third kappa shape index (κ3) is 6.65. The Morgan fingerprint density at radius 3 is 2.62 bits per heavy atom. The van der Waals surface area contributed by atoms with Crippen molar-refractivity contribution in [3.05, 3.63) is 18.2 Å². The van der Waals surface area contributed by atoms with E-state index in [-0.39, 0.29) is 6.09 Å². The highest BCUT2D eigenvalue weighted by molar-refractivity contribution is 5.67. The maximum atomic E-state index is 11.6. The second-order valence-corrected chi connectivity index (χ2v) is 6.94. The zero-order valence-corrected chi connectivity index (χ0v) is 14.1. The van der Waals surface area contributed by atoms with E-state index in [1.54, 1.807) is 0 Å². The SMILES string of the molecule is CC(C)C(C)Cn1cncc1CCNC(=O)OC(C)(C)C. The minimum Gasteiger partial charge on any atom is -0.444 e. The van der Waals surface area contributed by atoms with Gasteiger partial charge in [-0.1, -0.05) is 20.8 Å². The average Bonchev–Trinajstić information content (AvgIpc) is 2.74. The van der Waals surface area contributed by atoms with Gasteiger partial charge in [-0.2, -0.15) is 0 Å². The lowest BCUT2D eigenvalue weighted by Crippen LogP contribution is -2.33. The molecule has 21 heavy (non-hydrogen) atoms. The molecule has 0 radical (unpaired) electrons. The molecule has 0 aliphatic heterocycles. The number of nitrogens with one attached hydrogen (secondary N) is 1. The molecule has 0 saturated carbocycles. The molecule has 1 amide bonds. The van der Waals surface area contributed by atoms with Crippen LogP contribution in [0.4, 0.5) is 4.79 Å². The summed E-state index contributed by atoms with van der Waals surface area (Å²) in [7, 11) is 0. The van der Waals surface area contributed by atoms with Crippen LogP contribution < -0.4 is 5.32 Å². The van der Waals surface area contributed by atoms with Crippen LogP contribution in [0.15, 0.2) is 12.5 Å². The molecule has 5 nitrogen and oxygen atoms in total. The molecule has 1 rings (SSSR count). The lowest BCUT2D eigenvalue weighted by molar-refractivity contribution is 0.0528. The molecule has 1 atom stereocenters. The third-order valence-corrected chi connectivity index (χ3v) is 3.47.